The average molecular weight is 378 g/mol. The fourth-order valence-electron chi connectivity index (χ4n) is 2.55. The average Bonchev–Trinajstić information content (AvgIpc) is 2.87. The predicted molar refractivity (Wildman–Crippen MR) is 96.7 cm³/mol. The summed E-state index contributed by atoms with van der Waals surface area (Å²) in [6.07, 6.45) is 0. The number of amides is 1. The summed E-state index contributed by atoms with van der Waals surface area (Å²) in [7, 11) is 3.69. The normalized spacial score (nSPS) is 11.3. The van der Waals surface area contributed by atoms with Crippen molar-refractivity contribution in [3.8, 4) is 0 Å². The summed E-state index contributed by atoms with van der Waals surface area (Å²) in [6, 6.07) is 2.80. The first-order valence-corrected chi connectivity index (χ1v) is 8.51. The number of H-pyrrole nitrogens is 1. The van der Waals surface area contributed by atoms with Gasteiger partial charge in [-0.2, -0.15) is 0 Å². The van der Waals surface area contributed by atoms with Crippen LogP contribution in [-0.4, -0.2) is 34.9 Å². The number of hydrogen-bond donors (Lipinski definition) is 2. The van der Waals surface area contributed by atoms with Gasteiger partial charge in [-0.1, -0.05) is 0 Å². The van der Waals surface area contributed by atoms with Crippen molar-refractivity contribution in [2.45, 2.75) is 13.5 Å². The molecule has 6 nitrogen and oxygen atoms in total. The molecule has 2 aromatic heterocycles. The minimum absolute atomic E-state index is 0.226. The number of aromatic amines is 1. The Morgan fingerprint density at radius 2 is 2.08 bits per heavy atom. The molecule has 2 heterocycles. The molecule has 1 aromatic carbocycles. The summed E-state index contributed by atoms with van der Waals surface area (Å²) >= 11 is 1.04. The van der Waals surface area contributed by atoms with Gasteiger partial charge in [0, 0.05) is 6.07 Å². The van der Waals surface area contributed by atoms with E-state index in [0.717, 1.165) is 29.5 Å². The number of hydrogen-bond acceptors (Lipinski definition) is 5. The van der Waals surface area contributed by atoms with Crippen molar-refractivity contribution >= 4 is 33.1 Å². The quantitative estimate of drug-likeness (QED) is 0.732. The van der Waals surface area contributed by atoms with Crippen LogP contribution in [0, 0.1) is 18.6 Å². The molecule has 0 saturated heterocycles. The monoisotopic (exact) mass is 378 g/mol. The molecular weight excluding hydrogens is 362 g/mol. The molecule has 3 rings (SSSR count). The number of anilines is 1. The summed E-state index contributed by atoms with van der Waals surface area (Å²) in [4.78, 5) is 34.4. The number of benzene rings is 1. The first kappa shape index (κ1) is 18.2. The van der Waals surface area contributed by atoms with Gasteiger partial charge in [-0.15, -0.1) is 11.3 Å². The Kier molecular flexibility index (Phi) is 4.84. The van der Waals surface area contributed by atoms with Crippen LogP contribution in [0.3, 0.4) is 0 Å². The second-order valence-corrected chi connectivity index (χ2v) is 7.06. The third kappa shape index (κ3) is 3.49. The lowest BCUT2D eigenvalue weighted by molar-refractivity contribution is 0.102. The molecule has 26 heavy (non-hydrogen) atoms. The van der Waals surface area contributed by atoms with Crippen LogP contribution >= 0.6 is 11.3 Å². The highest BCUT2D eigenvalue weighted by Gasteiger charge is 2.20. The molecule has 0 aliphatic rings. The zero-order valence-electron chi connectivity index (χ0n) is 14.3. The van der Waals surface area contributed by atoms with Crippen molar-refractivity contribution < 1.29 is 13.6 Å². The maximum Gasteiger partial charge on any atom is 0.266 e. The molecule has 3 aromatic rings. The van der Waals surface area contributed by atoms with Gasteiger partial charge in [-0.3, -0.25) is 9.59 Å². The number of nitrogens with one attached hydrogen (secondary N) is 2. The van der Waals surface area contributed by atoms with Crippen molar-refractivity contribution in [1.29, 1.82) is 0 Å². The van der Waals surface area contributed by atoms with Gasteiger partial charge in [0.15, 0.2) is 0 Å². The van der Waals surface area contributed by atoms with Gasteiger partial charge in [0.25, 0.3) is 11.5 Å². The third-order valence-corrected chi connectivity index (χ3v) is 4.88. The molecule has 0 spiro atoms. The molecular formula is C17H16F2N4O2S. The van der Waals surface area contributed by atoms with Crippen molar-refractivity contribution in [2.75, 3.05) is 19.4 Å². The number of fused-ring (bicyclic) bond motifs is 1. The van der Waals surface area contributed by atoms with Crippen molar-refractivity contribution in [2.24, 2.45) is 0 Å². The number of nitrogens with zero attached hydrogens (tertiary/aromatic N) is 2. The standard InChI is InChI=1S/C17H16F2N4O2S/c1-8-13-15(24)21-12(7-23(2)3)22-17(13)26-14(8)16(25)20-11-6-9(18)4-5-10(11)19/h4-6H,7H2,1-3H3,(H,20,25)(H,21,22,24). The van der Waals surface area contributed by atoms with E-state index < -0.39 is 17.5 Å². The predicted octanol–water partition coefficient (Wildman–Crippen LogP) is 2.89. The fraction of sp³-hybridized carbons (Fsp3) is 0.235. The molecule has 0 unspecified atom stereocenters. The van der Waals surface area contributed by atoms with E-state index >= 15 is 0 Å². The van der Waals surface area contributed by atoms with E-state index in [4.69, 9.17) is 0 Å². The smallest absolute Gasteiger partial charge is 0.266 e. The van der Waals surface area contributed by atoms with E-state index in [9.17, 15) is 18.4 Å². The number of halogens is 2. The summed E-state index contributed by atoms with van der Waals surface area (Å²) in [5.41, 5.74) is -0.150. The van der Waals surface area contributed by atoms with Crippen LogP contribution in [0.1, 0.15) is 21.1 Å². The maximum absolute atomic E-state index is 13.7. The number of aryl methyl sites for hydroxylation is 1. The number of thiophene rings is 1. The second-order valence-electron chi connectivity index (χ2n) is 6.07. The molecule has 0 atom stereocenters. The van der Waals surface area contributed by atoms with Crippen LogP contribution in [0.4, 0.5) is 14.5 Å². The second kappa shape index (κ2) is 6.93. The van der Waals surface area contributed by atoms with Crippen LogP contribution < -0.4 is 10.9 Å². The highest BCUT2D eigenvalue weighted by Crippen LogP contribution is 2.28. The van der Waals surface area contributed by atoms with Gasteiger partial charge in [-0.05, 0) is 38.7 Å². The van der Waals surface area contributed by atoms with Gasteiger partial charge in [-0.25, -0.2) is 13.8 Å². The molecule has 0 aliphatic carbocycles. The van der Waals surface area contributed by atoms with E-state index in [2.05, 4.69) is 15.3 Å². The van der Waals surface area contributed by atoms with E-state index in [-0.39, 0.29) is 16.1 Å². The molecule has 0 fully saturated rings. The zero-order valence-corrected chi connectivity index (χ0v) is 15.1. The summed E-state index contributed by atoms with van der Waals surface area (Å²) in [5, 5.41) is 2.67. The lowest BCUT2D eigenvalue weighted by atomic mass is 10.2. The summed E-state index contributed by atoms with van der Waals surface area (Å²) in [5.74, 6) is -1.55. The first-order valence-electron chi connectivity index (χ1n) is 7.69. The minimum atomic E-state index is -0.747. The molecule has 2 N–H and O–H groups in total. The number of aromatic nitrogens is 2. The Hall–Kier alpha value is -2.65. The lowest BCUT2D eigenvalue weighted by Gasteiger charge is -2.07. The molecule has 0 radical (unpaired) electrons. The molecule has 9 heteroatoms. The minimum Gasteiger partial charge on any atom is -0.319 e. The molecule has 0 saturated carbocycles. The lowest BCUT2D eigenvalue weighted by Crippen LogP contribution is -2.18. The summed E-state index contributed by atoms with van der Waals surface area (Å²) in [6.45, 7) is 2.07. The van der Waals surface area contributed by atoms with E-state index in [1.54, 1.807) is 6.92 Å². The van der Waals surface area contributed by atoms with Crippen LogP contribution in [-0.2, 0) is 6.54 Å². The first-order chi connectivity index (χ1) is 12.3. The van der Waals surface area contributed by atoms with Crippen molar-refractivity contribution in [1.82, 2.24) is 14.9 Å². The van der Waals surface area contributed by atoms with Crippen molar-refractivity contribution in [3.63, 3.8) is 0 Å². The van der Waals surface area contributed by atoms with Gasteiger partial charge >= 0.3 is 0 Å². The highest BCUT2D eigenvalue weighted by molar-refractivity contribution is 7.20. The highest BCUT2D eigenvalue weighted by atomic mass is 32.1. The zero-order chi connectivity index (χ0) is 19.0. The van der Waals surface area contributed by atoms with Crippen LogP contribution in [0.2, 0.25) is 0 Å². The Morgan fingerprint density at radius 3 is 2.77 bits per heavy atom. The van der Waals surface area contributed by atoms with E-state index in [0.29, 0.717) is 28.1 Å². The summed E-state index contributed by atoms with van der Waals surface area (Å²) < 4.78 is 27.0. The third-order valence-electron chi connectivity index (χ3n) is 3.70. The van der Waals surface area contributed by atoms with Gasteiger partial charge in [0.05, 0.1) is 22.5 Å². The van der Waals surface area contributed by atoms with Gasteiger partial charge in [0.2, 0.25) is 0 Å². The van der Waals surface area contributed by atoms with Crippen molar-refractivity contribution in [3.05, 3.63) is 56.5 Å². The Morgan fingerprint density at radius 1 is 1.35 bits per heavy atom. The van der Waals surface area contributed by atoms with Crippen LogP contribution in [0.15, 0.2) is 23.0 Å². The number of carbonyl (C=O) groups excluding carboxylic acids is 1. The van der Waals surface area contributed by atoms with Gasteiger partial charge < -0.3 is 15.2 Å². The van der Waals surface area contributed by atoms with E-state index in [1.807, 2.05) is 19.0 Å². The molecule has 0 aliphatic heterocycles. The topological polar surface area (TPSA) is 78.1 Å². The fourth-order valence-corrected chi connectivity index (χ4v) is 3.65. The van der Waals surface area contributed by atoms with Gasteiger partial charge in [0.1, 0.15) is 22.3 Å². The SMILES string of the molecule is Cc1c(C(=O)Nc2cc(F)ccc2F)sc2nc(CN(C)C)[nH]c(=O)c12. The largest absolute Gasteiger partial charge is 0.319 e. The Bertz CT molecular complexity index is 1060. The van der Waals surface area contributed by atoms with Crippen LogP contribution in [0.5, 0.6) is 0 Å². The molecule has 136 valence electrons. The Balaban J connectivity index is 2.01. The number of carbonyl (C=O) groups is 1. The van der Waals surface area contributed by atoms with Crippen LogP contribution in [0.25, 0.3) is 10.2 Å². The molecule has 0 bridgehead atoms. The Labute approximate surface area is 151 Å². The maximum atomic E-state index is 13.7. The van der Waals surface area contributed by atoms with E-state index in [1.165, 1.54) is 0 Å². The number of rotatable bonds is 4. The molecule has 1 amide bonds.